The highest BCUT2D eigenvalue weighted by Gasteiger charge is 2.16. The largest absolute Gasteiger partial charge is 0.478 e. The Bertz CT molecular complexity index is 599. The molecule has 0 saturated carbocycles. The van der Waals surface area contributed by atoms with Crippen molar-refractivity contribution >= 4 is 21.8 Å². The van der Waals surface area contributed by atoms with E-state index in [1.165, 1.54) is 0 Å². The molecule has 1 aromatic heterocycles. The Balaban J connectivity index is 2.85. The Kier molecular flexibility index (Phi) is 5.46. The summed E-state index contributed by atoms with van der Waals surface area (Å²) in [5.41, 5.74) is 1.32. The van der Waals surface area contributed by atoms with Crippen LogP contribution in [0.4, 0.5) is 5.82 Å². The van der Waals surface area contributed by atoms with Gasteiger partial charge in [0.15, 0.2) is 0 Å². The normalized spacial score (nSPS) is 11.3. The van der Waals surface area contributed by atoms with Crippen molar-refractivity contribution in [2.75, 3.05) is 24.2 Å². The fourth-order valence-electron chi connectivity index (χ4n) is 1.83. The number of sulfonamides is 1. The number of nitrogens with one attached hydrogen (secondary N) is 2. The molecular formula is C12H19N3O4S. The van der Waals surface area contributed by atoms with Crippen molar-refractivity contribution in [3.63, 3.8) is 0 Å². The van der Waals surface area contributed by atoms with Crippen LogP contribution < -0.4 is 10.0 Å². The highest BCUT2D eigenvalue weighted by atomic mass is 32.2. The molecule has 7 nitrogen and oxygen atoms in total. The Morgan fingerprint density at radius 1 is 1.40 bits per heavy atom. The van der Waals surface area contributed by atoms with Gasteiger partial charge in [0, 0.05) is 18.8 Å². The number of aromatic nitrogens is 1. The minimum atomic E-state index is -3.34. The van der Waals surface area contributed by atoms with Crippen LogP contribution in [0.15, 0.2) is 6.07 Å². The van der Waals surface area contributed by atoms with Crippen molar-refractivity contribution in [3.05, 3.63) is 22.9 Å². The van der Waals surface area contributed by atoms with Crippen molar-refractivity contribution in [2.45, 2.75) is 20.8 Å². The summed E-state index contributed by atoms with van der Waals surface area (Å²) >= 11 is 0. The number of hydrogen-bond donors (Lipinski definition) is 3. The molecule has 0 aliphatic heterocycles. The predicted octanol–water partition coefficient (Wildman–Crippen LogP) is 0.748. The fraction of sp³-hybridized carbons (Fsp3) is 0.500. The van der Waals surface area contributed by atoms with E-state index in [1.54, 1.807) is 26.8 Å². The summed E-state index contributed by atoms with van der Waals surface area (Å²) in [5.74, 6) is -1.04. The van der Waals surface area contributed by atoms with Crippen LogP contribution in [0.1, 0.15) is 28.5 Å². The number of aryl methyl sites for hydroxylation is 2. The first-order valence-corrected chi connectivity index (χ1v) is 7.84. The van der Waals surface area contributed by atoms with Crippen molar-refractivity contribution in [2.24, 2.45) is 0 Å². The first-order valence-electron chi connectivity index (χ1n) is 6.19. The number of hydrogen-bond acceptors (Lipinski definition) is 5. The van der Waals surface area contributed by atoms with Gasteiger partial charge in [0.25, 0.3) is 0 Å². The molecule has 0 aliphatic rings. The quantitative estimate of drug-likeness (QED) is 0.685. The highest BCUT2D eigenvalue weighted by molar-refractivity contribution is 7.89. The van der Waals surface area contributed by atoms with Crippen LogP contribution in [0.25, 0.3) is 0 Å². The average Bonchev–Trinajstić information content (AvgIpc) is 2.26. The summed E-state index contributed by atoms with van der Waals surface area (Å²) in [6.07, 6.45) is 0. The van der Waals surface area contributed by atoms with Crippen LogP contribution in [0, 0.1) is 13.8 Å². The van der Waals surface area contributed by atoms with Crippen molar-refractivity contribution < 1.29 is 18.3 Å². The maximum absolute atomic E-state index is 11.5. The van der Waals surface area contributed by atoms with Crippen LogP contribution in [0.2, 0.25) is 0 Å². The lowest BCUT2D eigenvalue weighted by molar-refractivity contribution is 0.0697. The molecular weight excluding hydrogens is 282 g/mol. The molecule has 20 heavy (non-hydrogen) atoms. The minimum Gasteiger partial charge on any atom is -0.478 e. The monoisotopic (exact) mass is 301 g/mol. The number of nitrogens with zero attached hydrogens (tertiary/aromatic N) is 1. The summed E-state index contributed by atoms with van der Waals surface area (Å²) in [7, 11) is -3.34. The molecule has 1 rings (SSSR count). The van der Waals surface area contributed by atoms with Gasteiger partial charge in [-0.3, -0.25) is 0 Å². The van der Waals surface area contributed by atoms with E-state index in [0.29, 0.717) is 17.8 Å². The van der Waals surface area contributed by atoms with Crippen molar-refractivity contribution in [1.82, 2.24) is 9.71 Å². The Morgan fingerprint density at radius 3 is 2.60 bits per heavy atom. The number of rotatable bonds is 7. The summed E-state index contributed by atoms with van der Waals surface area (Å²) < 4.78 is 25.3. The zero-order chi connectivity index (χ0) is 15.3. The molecule has 112 valence electrons. The second kappa shape index (κ2) is 6.67. The smallest absolute Gasteiger partial charge is 0.339 e. The molecule has 8 heteroatoms. The molecule has 0 fully saturated rings. The van der Waals surface area contributed by atoms with Gasteiger partial charge in [0.2, 0.25) is 10.0 Å². The molecule has 0 radical (unpaired) electrons. The summed E-state index contributed by atoms with van der Waals surface area (Å²) in [6.45, 7) is 5.53. The van der Waals surface area contributed by atoms with E-state index in [1.807, 2.05) is 0 Å². The van der Waals surface area contributed by atoms with Gasteiger partial charge in [-0.15, -0.1) is 0 Å². The van der Waals surface area contributed by atoms with E-state index < -0.39 is 16.0 Å². The van der Waals surface area contributed by atoms with Crippen molar-refractivity contribution in [3.8, 4) is 0 Å². The number of carboxylic acid groups (broad SMARTS) is 1. The van der Waals surface area contributed by atoms with E-state index >= 15 is 0 Å². The molecule has 0 spiro atoms. The fourth-order valence-corrected chi connectivity index (χ4v) is 2.79. The second-order valence-electron chi connectivity index (χ2n) is 4.35. The highest BCUT2D eigenvalue weighted by Crippen LogP contribution is 2.18. The first-order chi connectivity index (χ1) is 9.26. The Labute approximate surface area is 118 Å². The topological polar surface area (TPSA) is 108 Å². The molecule has 0 bridgehead atoms. The molecule has 0 aliphatic carbocycles. The maximum atomic E-state index is 11.5. The van der Waals surface area contributed by atoms with Gasteiger partial charge < -0.3 is 10.4 Å². The van der Waals surface area contributed by atoms with Gasteiger partial charge >= 0.3 is 5.97 Å². The third kappa shape index (κ3) is 4.46. The SMILES string of the molecule is CCNS(=O)(=O)CCNc1nc(C)cc(C)c1C(=O)O. The lowest BCUT2D eigenvalue weighted by atomic mass is 10.1. The predicted molar refractivity (Wildman–Crippen MR) is 76.6 cm³/mol. The van der Waals surface area contributed by atoms with Gasteiger partial charge in [-0.2, -0.15) is 0 Å². The van der Waals surface area contributed by atoms with Gasteiger partial charge in [-0.25, -0.2) is 22.9 Å². The maximum Gasteiger partial charge on any atom is 0.339 e. The van der Waals surface area contributed by atoms with Crippen molar-refractivity contribution in [1.29, 1.82) is 0 Å². The molecule has 0 aromatic carbocycles. The molecule has 0 unspecified atom stereocenters. The average molecular weight is 301 g/mol. The third-order valence-electron chi connectivity index (χ3n) is 2.59. The molecule has 0 amide bonds. The van der Waals surface area contributed by atoms with Crippen LogP contribution in [0.3, 0.4) is 0 Å². The lowest BCUT2D eigenvalue weighted by Gasteiger charge is -2.12. The van der Waals surface area contributed by atoms with Crippen LogP contribution in [0.5, 0.6) is 0 Å². The van der Waals surface area contributed by atoms with Gasteiger partial charge in [0.1, 0.15) is 11.4 Å². The van der Waals surface area contributed by atoms with E-state index in [-0.39, 0.29) is 23.7 Å². The van der Waals surface area contributed by atoms with Gasteiger partial charge in [0.05, 0.1) is 5.75 Å². The first kappa shape index (κ1) is 16.4. The third-order valence-corrected chi connectivity index (χ3v) is 4.06. The zero-order valence-electron chi connectivity index (χ0n) is 11.7. The van der Waals surface area contributed by atoms with Crippen LogP contribution in [-0.4, -0.2) is 43.3 Å². The summed E-state index contributed by atoms with van der Waals surface area (Å²) in [5, 5.41) is 11.9. The Hall–Kier alpha value is -1.67. The zero-order valence-corrected chi connectivity index (χ0v) is 12.5. The standard InChI is InChI=1S/C12H19N3O4S/c1-4-14-20(18,19)6-5-13-11-10(12(16)17)8(2)7-9(3)15-11/h7,14H,4-6H2,1-3H3,(H,13,15)(H,16,17). The number of anilines is 1. The van der Waals surface area contributed by atoms with E-state index in [9.17, 15) is 18.3 Å². The summed E-state index contributed by atoms with van der Waals surface area (Å²) in [4.78, 5) is 15.3. The van der Waals surface area contributed by atoms with E-state index in [2.05, 4.69) is 15.0 Å². The number of carbonyl (C=O) groups is 1. The number of aromatic carboxylic acids is 1. The van der Waals surface area contributed by atoms with Gasteiger partial charge in [-0.1, -0.05) is 6.92 Å². The molecule has 1 aromatic rings. The minimum absolute atomic E-state index is 0.0662. The molecule has 3 N–H and O–H groups in total. The number of carboxylic acids is 1. The van der Waals surface area contributed by atoms with E-state index in [0.717, 1.165) is 0 Å². The molecule has 1 heterocycles. The lowest BCUT2D eigenvalue weighted by Crippen LogP contribution is -2.29. The second-order valence-corrected chi connectivity index (χ2v) is 6.28. The van der Waals surface area contributed by atoms with E-state index in [4.69, 9.17) is 0 Å². The number of pyridine rings is 1. The summed E-state index contributed by atoms with van der Waals surface area (Å²) in [6, 6.07) is 1.67. The molecule has 0 saturated heterocycles. The van der Waals surface area contributed by atoms with Crippen LogP contribution >= 0.6 is 0 Å². The van der Waals surface area contributed by atoms with Crippen LogP contribution in [-0.2, 0) is 10.0 Å². The van der Waals surface area contributed by atoms with Gasteiger partial charge in [-0.05, 0) is 25.5 Å². The Morgan fingerprint density at radius 2 is 2.05 bits per heavy atom. The molecule has 0 atom stereocenters.